The van der Waals surface area contributed by atoms with Gasteiger partial charge in [0.2, 0.25) is 11.8 Å². The molecule has 120 valence electrons. The largest absolute Gasteiger partial charge is 0.495 e. The van der Waals surface area contributed by atoms with Gasteiger partial charge in [0.25, 0.3) is 0 Å². The number of methoxy groups -OCH3 is 1. The van der Waals surface area contributed by atoms with Crippen molar-refractivity contribution in [2.75, 3.05) is 23.9 Å². The fourth-order valence-corrected chi connectivity index (χ4v) is 2.29. The van der Waals surface area contributed by atoms with E-state index in [0.717, 1.165) is 0 Å². The summed E-state index contributed by atoms with van der Waals surface area (Å²) < 4.78 is 5.19. The van der Waals surface area contributed by atoms with Crippen LogP contribution in [0.4, 0.5) is 11.4 Å². The standard InChI is InChI=1S/C17H17ClN2O3/c1-12(21)20(14-7-5-6-13(18)10-14)11-17(22)19-15-8-3-4-9-16(15)23-2/h3-10H,11H2,1-2H3,(H,19,22). The van der Waals surface area contributed by atoms with Gasteiger partial charge >= 0.3 is 0 Å². The number of rotatable bonds is 5. The van der Waals surface area contributed by atoms with E-state index in [-0.39, 0.29) is 18.4 Å². The number of amides is 2. The molecule has 0 unspecified atom stereocenters. The van der Waals surface area contributed by atoms with Crippen molar-refractivity contribution in [3.8, 4) is 5.75 Å². The first-order valence-electron chi connectivity index (χ1n) is 6.98. The quantitative estimate of drug-likeness (QED) is 0.913. The van der Waals surface area contributed by atoms with Gasteiger partial charge in [-0.15, -0.1) is 0 Å². The van der Waals surface area contributed by atoms with Gasteiger partial charge in [-0.2, -0.15) is 0 Å². The molecule has 0 aliphatic carbocycles. The molecule has 0 spiro atoms. The number of carbonyl (C=O) groups is 2. The lowest BCUT2D eigenvalue weighted by Gasteiger charge is -2.21. The highest BCUT2D eigenvalue weighted by Crippen LogP contribution is 2.23. The fourth-order valence-electron chi connectivity index (χ4n) is 2.11. The monoisotopic (exact) mass is 332 g/mol. The predicted octanol–water partition coefficient (Wildman–Crippen LogP) is 3.34. The number of nitrogens with one attached hydrogen (secondary N) is 1. The summed E-state index contributed by atoms with van der Waals surface area (Å²) >= 11 is 5.94. The summed E-state index contributed by atoms with van der Waals surface area (Å²) in [6.45, 7) is 1.28. The minimum absolute atomic E-state index is 0.117. The highest BCUT2D eigenvalue weighted by Gasteiger charge is 2.17. The Labute approximate surface area is 139 Å². The molecule has 0 saturated carbocycles. The predicted molar refractivity (Wildman–Crippen MR) is 91.1 cm³/mol. The molecule has 0 aliphatic heterocycles. The van der Waals surface area contributed by atoms with Crippen molar-refractivity contribution >= 4 is 34.8 Å². The van der Waals surface area contributed by atoms with Gasteiger partial charge in [0.1, 0.15) is 12.3 Å². The Bertz CT molecular complexity index is 718. The van der Waals surface area contributed by atoms with E-state index in [2.05, 4.69) is 5.32 Å². The van der Waals surface area contributed by atoms with Crippen LogP contribution in [-0.2, 0) is 9.59 Å². The van der Waals surface area contributed by atoms with E-state index < -0.39 is 0 Å². The van der Waals surface area contributed by atoms with Gasteiger partial charge in [0, 0.05) is 17.6 Å². The molecule has 0 heterocycles. The van der Waals surface area contributed by atoms with Gasteiger partial charge < -0.3 is 15.0 Å². The molecule has 0 saturated heterocycles. The van der Waals surface area contributed by atoms with Gasteiger partial charge in [-0.05, 0) is 30.3 Å². The van der Waals surface area contributed by atoms with Crippen LogP contribution in [0, 0.1) is 0 Å². The molecule has 0 fully saturated rings. The maximum atomic E-state index is 12.3. The van der Waals surface area contributed by atoms with Crippen LogP contribution in [0.5, 0.6) is 5.75 Å². The van der Waals surface area contributed by atoms with Gasteiger partial charge in [0.15, 0.2) is 0 Å². The maximum Gasteiger partial charge on any atom is 0.244 e. The van der Waals surface area contributed by atoms with Crippen LogP contribution in [-0.4, -0.2) is 25.5 Å². The number of hydrogen-bond donors (Lipinski definition) is 1. The van der Waals surface area contributed by atoms with Crippen molar-refractivity contribution in [3.05, 3.63) is 53.6 Å². The summed E-state index contributed by atoms with van der Waals surface area (Å²) in [7, 11) is 1.53. The third kappa shape index (κ3) is 4.47. The number of para-hydroxylation sites is 2. The van der Waals surface area contributed by atoms with Crippen molar-refractivity contribution in [1.29, 1.82) is 0 Å². The van der Waals surface area contributed by atoms with E-state index in [9.17, 15) is 9.59 Å². The highest BCUT2D eigenvalue weighted by atomic mass is 35.5. The number of nitrogens with zero attached hydrogens (tertiary/aromatic N) is 1. The first kappa shape index (κ1) is 16.8. The van der Waals surface area contributed by atoms with Crippen LogP contribution in [0.15, 0.2) is 48.5 Å². The zero-order chi connectivity index (χ0) is 16.8. The topological polar surface area (TPSA) is 58.6 Å². The first-order valence-corrected chi connectivity index (χ1v) is 7.35. The number of carbonyl (C=O) groups excluding carboxylic acids is 2. The van der Waals surface area contributed by atoms with Gasteiger partial charge in [-0.1, -0.05) is 29.8 Å². The smallest absolute Gasteiger partial charge is 0.244 e. The van der Waals surface area contributed by atoms with Crippen molar-refractivity contribution in [1.82, 2.24) is 0 Å². The Morgan fingerprint density at radius 1 is 1.17 bits per heavy atom. The van der Waals surface area contributed by atoms with Crippen LogP contribution in [0.1, 0.15) is 6.92 Å². The van der Waals surface area contributed by atoms with E-state index in [4.69, 9.17) is 16.3 Å². The molecule has 1 N–H and O–H groups in total. The van der Waals surface area contributed by atoms with E-state index in [1.807, 2.05) is 6.07 Å². The second-order valence-corrected chi connectivity index (χ2v) is 5.27. The molecular weight excluding hydrogens is 316 g/mol. The summed E-state index contributed by atoms with van der Waals surface area (Å²) in [6.07, 6.45) is 0. The van der Waals surface area contributed by atoms with Crippen LogP contribution in [0.3, 0.4) is 0 Å². The molecule has 23 heavy (non-hydrogen) atoms. The Morgan fingerprint density at radius 2 is 1.91 bits per heavy atom. The zero-order valence-corrected chi connectivity index (χ0v) is 13.6. The number of hydrogen-bond acceptors (Lipinski definition) is 3. The van der Waals surface area contributed by atoms with E-state index in [0.29, 0.717) is 22.1 Å². The summed E-state index contributed by atoms with van der Waals surface area (Å²) in [5.74, 6) is -0.0231. The summed E-state index contributed by atoms with van der Waals surface area (Å²) in [5.41, 5.74) is 1.12. The third-order valence-electron chi connectivity index (χ3n) is 3.18. The molecule has 0 aliphatic rings. The molecule has 6 heteroatoms. The lowest BCUT2D eigenvalue weighted by atomic mass is 10.2. The molecule has 5 nitrogen and oxygen atoms in total. The minimum Gasteiger partial charge on any atom is -0.495 e. The van der Waals surface area contributed by atoms with Gasteiger partial charge in [-0.25, -0.2) is 0 Å². The average molecular weight is 333 g/mol. The van der Waals surface area contributed by atoms with Gasteiger partial charge in [-0.3, -0.25) is 9.59 Å². The maximum absolute atomic E-state index is 12.3. The number of benzene rings is 2. The van der Waals surface area contributed by atoms with Crippen molar-refractivity contribution < 1.29 is 14.3 Å². The van der Waals surface area contributed by atoms with E-state index in [1.54, 1.807) is 42.5 Å². The molecule has 0 aromatic heterocycles. The molecule has 2 aromatic rings. The number of halogens is 1. The van der Waals surface area contributed by atoms with Crippen LogP contribution < -0.4 is 15.0 Å². The molecule has 2 amide bonds. The molecule has 0 atom stereocenters. The Kier molecular flexibility index (Phi) is 5.60. The molecule has 2 rings (SSSR count). The Hall–Kier alpha value is -2.53. The van der Waals surface area contributed by atoms with Crippen molar-refractivity contribution in [3.63, 3.8) is 0 Å². The van der Waals surface area contributed by atoms with E-state index in [1.165, 1.54) is 18.9 Å². The Balaban J connectivity index is 2.14. The second kappa shape index (κ2) is 7.65. The Morgan fingerprint density at radius 3 is 2.57 bits per heavy atom. The molecular formula is C17H17ClN2O3. The SMILES string of the molecule is COc1ccccc1NC(=O)CN(C(C)=O)c1cccc(Cl)c1. The molecule has 2 aromatic carbocycles. The minimum atomic E-state index is -0.329. The summed E-state index contributed by atoms with van der Waals surface area (Å²) in [4.78, 5) is 25.5. The van der Waals surface area contributed by atoms with E-state index >= 15 is 0 Å². The number of ether oxygens (including phenoxy) is 1. The zero-order valence-electron chi connectivity index (χ0n) is 12.9. The molecule has 0 bridgehead atoms. The van der Waals surface area contributed by atoms with Crippen LogP contribution in [0.2, 0.25) is 5.02 Å². The lowest BCUT2D eigenvalue weighted by Crippen LogP contribution is -2.36. The fraction of sp³-hybridized carbons (Fsp3) is 0.176. The first-order chi connectivity index (χ1) is 11.0. The highest BCUT2D eigenvalue weighted by molar-refractivity contribution is 6.31. The molecule has 0 radical (unpaired) electrons. The number of anilines is 2. The average Bonchev–Trinajstić information content (AvgIpc) is 2.53. The van der Waals surface area contributed by atoms with Crippen molar-refractivity contribution in [2.45, 2.75) is 6.92 Å². The summed E-state index contributed by atoms with van der Waals surface area (Å²) in [6, 6.07) is 13.9. The van der Waals surface area contributed by atoms with Crippen LogP contribution >= 0.6 is 11.6 Å². The second-order valence-electron chi connectivity index (χ2n) is 4.83. The van der Waals surface area contributed by atoms with Gasteiger partial charge in [0.05, 0.1) is 12.8 Å². The normalized spacial score (nSPS) is 10.0. The summed E-state index contributed by atoms with van der Waals surface area (Å²) in [5, 5.41) is 3.24. The van der Waals surface area contributed by atoms with Crippen molar-refractivity contribution in [2.24, 2.45) is 0 Å². The third-order valence-corrected chi connectivity index (χ3v) is 3.42. The van der Waals surface area contributed by atoms with Crippen LogP contribution in [0.25, 0.3) is 0 Å². The lowest BCUT2D eigenvalue weighted by molar-refractivity contribution is -0.120.